The van der Waals surface area contributed by atoms with Gasteiger partial charge in [-0.3, -0.25) is 4.79 Å². The Morgan fingerprint density at radius 2 is 2.22 bits per heavy atom. The summed E-state index contributed by atoms with van der Waals surface area (Å²) in [5, 5.41) is 4.80. The van der Waals surface area contributed by atoms with Crippen molar-refractivity contribution in [1.29, 1.82) is 0 Å². The summed E-state index contributed by atoms with van der Waals surface area (Å²) in [6.45, 7) is 2.84. The van der Waals surface area contributed by atoms with Crippen molar-refractivity contribution in [1.82, 2.24) is 9.88 Å². The number of likely N-dealkylation sites (tertiary alicyclic amines) is 1. The van der Waals surface area contributed by atoms with Gasteiger partial charge in [-0.15, -0.1) is 22.7 Å². The molecule has 1 aliphatic heterocycles. The van der Waals surface area contributed by atoms with E-state index in [4.69, 9.17) is 10.5 Å². The average Bonchev–Trinajstić information content (AvgIpc) is 3.26. The molecule has 2 aromatic rings. The van der Waals surface area contributed by atoms with E-state index in [2.05, 4.69) is 4.98 Å². The van der Waals surface area contributed by atoms with Crippen molar-refractivity contribution in [2.24, 2.45) is 5.73 Å². The number of aromatic nitrogens is 1. The van der Waals surface area contributed by atoms with Crippen LogP contribution in [0.15, 0.2) is 22.9 Å². The predicted octanol–water partition coefficient (Wildman–Crippen LogP) is 2.84. The normalized spacial score (nSPS) is 16.0. The number of piperidine rings is 1. The lowest BCUT2D eigenvalue weighted by atomic mass is 10.1. The van der Waals surface area contributed by atoms with Crippen LogP contribution in [-0.2, 0) is 4.74 Å². The minimum Gasteiger partial charge on any atom is -0.378 e. The summed E-state index contributed by atoms with van der Waals surface area (Å²) in [6.07, 6.45) is 2.92. The summed E-state index contributed by atoms with van der Waals surface area (Å²) in [5.74, 6) is 0.0319. The molecule has 0 saturated carbocycles. The summed E-state index contributed by atoms with van der Waals surface area (Å²) in [7, 11) is 0. The fraction of sp³-hybridized carbons (Fsp3) is 0.500. The first-order chi connectivity index (χ1) is 11.3. The van der Waals surface area contributed by atoms with Crippen LogP contribution in [0.5, 0.6) is 0 Å². The van der Waals surface area contributed by atoms with Crippen molar-refractivity contribution in [2.45, 2.75) is 25.4 Å². The van der Waals surface area contributed by atoms with E-state index in [-0.39, 0.29) is 12.0 Å². The number of hydrogen-bond acceptors (Lipinski definition) is 6. The van der Waals surface area contributed by atoms with E-state index in [0.29, 0.717) is 18.8 Å². The fourth-order valence-corrected chi connectivity index (χ4v) is 4.21. The topological polar surface area (TPSA) is 68.5 Å². The van der Waals surface area contributed by atoms with Crippen LogP contribution in [-0.4, -0.2) is 48.1 Å². The molecule has 0 unspecified atom stereocenters. The molecular weight excluding hydrogens is 330 g/mol. The van der Waals surface area contributed by atoms with Gasteiger partial charge in [0.25, 0.3) is 5.91 Å². The van der Waals surface area contributed by atoms with Crippen LogP contribution >= 0.6 is 22.7 Å². The molecule has 124 valence electrons. The molecule has 1 saturated heterocycles. The third kappa shape index (κ3) is 4.17. The highest BCUT2D eigenvalue weighted by Gasteiger charge is 2.25. The highest BCUT2D eigenvalue weighted by Crippen LogP contribution is 2.28. The van der Waals surface area contributed by atoms with E-state index in [1.165, 1.54) is 11.3 Å². The number of carbonyl (C=O) groups is 1. The number of nitrogens with zero attached hydrogens (tertiary/aromatic N) is 2. The van der Waals surface area contributed by atoms with Crippen LogP contribution in [0.25, 0.3) is 9.88 Å². The van der Waals surface area contributed by atoms with Gasteiger partial charge in [0.1, 0.15) is 10.7 Å². The molecular formula is C16H21N3O2S2. The molecule has 5 nitrogen and oxygen atoms in total. The molecule has 3 heterocycles. The number of thiazole rings is 1. The van der Waals surface area contributed by atoms with Crippen molar-refractivity contribution >= 4 is 28.6 Å². The van der Waals surface area contributed by atoms with E-state index < -0.39 is 0 Å². The second-order valence-electron chi connectivity index (χ2n) is 5.52. The van der Waals surface area contributed by atoms with Crippen LogP contribution in [0.4, 0.5) is 0 Å². The minimum absolute atomic E-state index is 0.0319. The van der Waals surface area contributed by atoms with Crippen LogP contribution < -0.4 is 5.73 Å². The van der Waals surface area contributed by atoms with Gasteiger partial charge in [0.05, 0.1) is 11.0 Å². The fourth-order valence-electron chi connectivity index (χ4n) is 2.61. The third-order valence-electron chi connectivity index (χ3n) is 3.89. The molecule has 1 fully saturated rings. The molecule has 23 heavy (non-hydrogen) atoms. The van der Waals surface area contributed by atoms with Gasteiger partial charge in [-0.05, 0) is 37.3 Å². The summed E-state index contributed by atoms with van der Waals surface area (Å²) in [5.41, 5.74) is 6.03. The third-order valence-corrected chi connectivity index (χ3v) is 5.77. The molecule has 0 aromatic carbocycles. The number of rotatable bonds is 6. The zero-order chi connectivity index (χ0) is 16.1. The lowest BCUT2D eigenvalue weighted by Gasteiger charge is -2.31. The highest BCUT2D eigenvalue weighted by molar-refractivity contribution is 7.20. The van der Waals surface area contributed by atoms with Crippen LogP contribution in [0.3, 0.4) is 0 Å². The zero-order valence-electron chi connectivity index (χ0n) is 12.9. The maximum atomic E-state index is 12.6. The van der Waals surface area contributed by atoms with Crippen LogP contribution in [0, 0.1) is 0 Å². The molecule has 0 bridgehead atoms. The molecule has 2 aromatic heterocycles. The second kappa shape index (κ2) is 8.01. The van der Waals surface area contributed by atoms with Crippen LogP contribution in [0.2, 0.25) is 0 Å². The van der Waals surface area contributed by atoms with Crippen molar-refractivity contribution in [2.75, 3.05) is 26.2 Å². The molecule has 3 rings (SSSR count). The molecule has 0 atom stereocenters. The monoisotopic (exact) mass is 351 g/mol. The molecule has 1 amide bonds. The number of thiophene rings is 1. The molecule has 0 aliphatic carbocycles. The SMILES string of the molecule is NCCCOC1CCN(C(=O)c2csc(-c3cccs3)n2)CC1. The first-order valence-electron chi connectivity index (χ1n) is 7.88. The lowest BCUT2D eigenvalue weighted by molar-refractivity contribution is 0.00831. The second-order valence-corrected chi connectivity index (χ2v) is 7.33. The maximum Gasteiger partial charge on any atom is 0.273 e. The smallest absolute Gasteiger partial charge is 0.273 e. The highest BCUT2D eigenvalue weighted by atomic mass is 32.1. The Morgan fingerprint density at radius 3 is 2.91 bits per heavy atom. The van der Waals surface area contributed by atoms with Gasteiger partial charge in [-0.1, -0.05) is 6.07 Å². The Labute approximate surface area is 144 Å². The molecule has 1 aliphatic rings. The van der Waals surface area contributed by atoms with Crippen molar-refractivity contribution < 1.29 is 9.53 Å². The average molecular weight is 351 g/mol. The Bertz CT molecular complexity index is 619. The number of ether oxygens (including phenoxy) is 1. The molecule has 2 N–H and O–H groups in total. The van der Waals surface area contributed by atoms with Gasteiger partial charge >= 0.3 is 0 Å². The first-order valence-corrected chi connectivity index (χ1v) is 9.64. The van der Waals surface area contributed by atoms with Crippen molar-refractivity contribution in [3.8, 4) is 9.88 Å². The van der Waals surface area contributed by atoms with Crippen molar-refractivity contribution in [3.05, 3.63) is 28.6 Å². The number of nitrogens with two attached hydrogens (primary N) is 1. The van der Waals surface area contributed by atoms with E-state index >= 15 is 0 Å². The Hall–Kier alpha value is -1.28. The lowest BCUT2D eigenvalue weighted by Crippen LogP contribution is -2.41. The number of hydrogen-bond donors (Lipinski definition) is 1. The van der Waals surface area contributed by atoms with E-state index in [1.807, 2.05) is 27.8 Å². The summed E-state index contributed by atoms with van der Waals surface area (Å²) >= 11 is 3.17. The van der Waals surface area contributed by atoms with E-state index in [0.717, 1.165) is 42.2 Å². The molecule has 7 heteroatoms. The van der Waals surface area contributed by atoms with Gasteiger partial charge in [0, 0.05) is 25.1 Å². The number of carbonyl (C=O) groups excluding carboxylic acids is 1. The Kier molecular flexibility index (Phi) is 5.77. The van der Waals surface area contributed by atoms with Gasteiger partial charge in [-0.2, -0.15) is 0 Å². The Balaban J connectivity index is 1.53. The Morgan fingerprint density at radius 1 is 1.39 bits per heavy atom. The molecule has 0 spiro atoms. The summed E-state index contributed by atoms with van der Waals surface area (Å²) < 4.78 is 5.78. The number of amides is 1. The van der Waals surface area contributed by atoms with E-state index in [9.17, 15) is 4.79 Å². The summed E-state index contributed by atoms with van der Waals surface area (Å²) in [6, 6.07) is 4.03. The maximum absolute atomic E-state index is 12.6. The largest absolute Gasteiger partial charge is 0.378 e. The zero-order valence-corrected chi connectivity index (χ0v) is 14.6. The minimum atomic E-state index is 0.0319. The quantitative estimate of drug-likeness (QED) is 0.813. The standard InChI is InChI=1S/C16H21N3O2S2/c17-6-2-9-21-12-4-7-19(8-5-12)16(20)13-11-23-15(18-13)14-3-1-10-22-14/h1,3,10-12H,2,4-9,17H2. The van der Waals surface area contributed by atoms with E-state index in [1.54, 1.807) is 11.3 Å². The molecule has 0 radical (unpaired) electrons. The predicted molar refractivity (Wildman–Crippen MR) is 94.0 cm³/mol. The van der Waals surface area contributed by atoms with Gasteiger partial charge in [-0.25, -0.2) is 4.98 Å². The van der Waals surface area contributed by atoms with Gasteiger partial charge in [0.15, 0.2) is 0 Å². The first kappa shape index (κ1) is 16.6. The van der Waals surface area contributed by atoms with Crippen LogP contribution in [0.1, 0.15) is 29.8 Å². The van der Waals surface area contributed by atoms with Gasteiger partial charge in [0.2, 0.25) is 0 Å². The summed E-state index contributed by atoms with van der Waals surface area (Å²) in [4.78, 5) is 20.1. The van der Waals surface area contributed by atoms with Crippen molar-refractivity contribution in [3.63, 3.8) is 0 Å². The van der Waals surface area contributed by atoms with Gasteiger partial charge < -0.3 is 15.4 Å².